The SMILES string of the molecule is CCCC(C)(C)c1cncc(N(C)C)n1. The first-order valence-electron chi connectivity index (χ1n) is 5.47. The van der Waals surface area contributed by atoms with Crippen LogP contribution in [0.4, 0.5) is 5.82 Å². The Kier molecular flexibility index (Phi) is 3.66. The van der Waals surface area contributed by atoms with E-state index in [2.05, 4.69) is 30.7 Å². The minimum Gasteiger partial charge on any atom is -0.361 e. The molecule has 0 aliphatic carbocycles. The standard InChI is InChI=1S/C12H21N3/c1-6-7-12(2,3)10-8-13-9-11(14-10)15(4)5/h8-9H,6-7H2,1-5H3. The van der Waals surface area contributed by atoms with Crippen molar-refractivity contribution in [3.05, 3.63) is 18.1 Å². The molecule has 3 nitrogen and oxygen atoms in total. The first-order chi connectivity index (χ1) is 6.97. The monoisotopic (exact) mass is 207 g/mol. The third-order valence-corrected chi connectivity index (χ3v) is 2.65. The van der Waals surface area contributed by atoms with Crippen LogP contribution in [0.15, 0.2) is 12.4 Å². The summed E-state index contributed by atoms with van der Waals surface area (Å²) in [5.74, 6) is 0.927. The molecule has 3 heteroatoms. The maximum absolute atomic E-state index is 4.63. The van der Waals surface area contributed by atoms with Gasteiger partial charge in [-0.25, -0.2) is 4.98 Å². The second-order valence-corrected chi connectivity index (χ2v) is 4.79. The fourth-order valence-corrected chi connectivity index (χ4v) is 1.65. The number of anilines is 1. The highest BCUT2D eigenvalue weighted by molar-refractivity contribution is 5.34. The molecule has 0 saturated heterocycles. The molecule has 0 spiro atoms. The fraction of sp³-hybridized carbons (Fsp3) is 0.667. The van der Waals surface area contributed by atoms with Gasteiger partial charge in [-0.2, -0.15) is 0 Å². The van der Waals surface area contributed by atoms with Crippen molar-refractivity contribution in [2.75, 3.05) is 19.0 Å². The molecule has 15 heavy (non-hydrogen) atoms. The van der Waals surface area contributed by atoms with Crippen molar-refractivity contribution >= 4 is 5.82 Å². The average Bonchev–Trinajstić information content (AvgIpc) is 2.18. The molecule has 0 unspecified atom stereocenters. The van der Waals surface area contributed by atoms with Gasteiger partial charge in [-0.15, -0.1) is 0 Å². The van der Waals surface area contributed by atoms with E-state index in [1.807, 2.05) is 25.2 Å². The zero-order chi connectivity index (χ0) is 11.5. The highest BCUT2D eigenvalue weighted by atomic mass is 15.1. The summed E-state index contributed by atoms with van der Waals surface area (Å²) in [6.07, 6.45) is 5.98. The van der Waals surface area contributed by atoms with E-state index in [0.717, 1.165) is 17.9 Å². The molecule has 0 aromatic carbocycles. The van der Waals surface area contributed by atoms with Crippen LogP contribution in [0, 0.1) is 0 Å². The highest BCUT2D eigenvalue weighted by Crippen LogP contribution is 2.27. The topological polar surface area (TPSA) is 29.0 Å². The van der Waals surface area contributed by atoms with Crippen molar-refractivity contribution in [1.82, 2.24) is 9.97 Å². The quantitative estimate of drug-likeness (QED) is 0.760. The Labute approximate surface area is 92.6 Å². The number of aromatic nitrogens is 2. The summed E-state index contributed by atoms with van der Waals surface area (Å²) in [6.45, 7) is 6.64. The van der Waals surface area contributed by atoms with Crippen LogP contribution in [0.5, 0.6) is 0 Å². The minimum atomic E-state index is 0.119. The van der Waals surface area contributed by atoms with Gasteiger partial charge in [0.05, 0.1) is 11.9 Å². The second kappa shape index (κ2) is 4.60. The Morgan fingerprint density at radius 1 is 1.27 bits per heavy atom. The van der Waals surface area contributed by atoms with Crippen LogP contribution in [0.25, 0.3) is 0 Å². The van der Waals surface area contributed by atoms with Gasteiger partial charge in [0.15, 0.2) is 0 Å². The summed E-state index contributed by atoms with van der Waals surface area (Å²) in [4.78, 5) is 10.9. The van der Waals surface area contributed by atoms with Crippen molar-refractivity contribution in [2.45, 2.75) is 39.0 Å². The van der Waals surface area contributed by atoms with Gasteiger partial charge in [-0.3, -0.25) is 4.98 Å². The van der Waals surface area contributed by atoms with Gasteiger partial charge in [-0.1, -0.05) is 27.2 Å². The molecule has 1 aromatic heterocycles. The lowest BCUT2D eigenvalue weighted by Crippen LogP contribution is -2.21. The van der Waals surface area contributed by atoms with Crippen molar-refractivity contribution in [1.29, 1.82) is 0 Å². The molecule has 0 aliphatic rings. The number of nitrogens with zero attached hydrogens (tertiary/aromatic N) is 3. The predicted octanol–water partition coefficient (Wildman–Crippen LogP) is 2.62. The van der Waals surface area contributed by atoms with E-state index in [0.29, 0.717) is 0 Å². The van der Waals surface area contributed by atoms with Crippen LogP contribution >= 0.6 is 0 Å². The smallest absolute Gasteiger partial charge is 0.146 e. The third kappa shape index (κ3) is 2.91. The van der Waals surface area contributed by atoms with E-state index in [4.69, 9.17) is 0 Å². The Bertz CT molecular complexity index is 318. The minimum absolute atomic E-state index is 0.119. The summed E-state index contributed by atoms with van der Waals surface area (Å²) < 4.78 is 0. The molecule has 0 amide bonds. The number of rotatable bonds is 4. The van der Waals surface area contributed by atoms with Gasteiger partial charge >= 0.3 is 0 Å². The Hall–Kier alpha value is -1.12. The molecular formula is C12H21N3. The van der Waals surface area contributed by atoms with E-state index in [-0.39, 0.29) is 5.41 Å². The van der Waals surface area contributed by atoms with E-state index in [1.165, 1.54) is 6.42 Å². The third-order valence-electron chi connectivity index (χ3n) is 2.65. The summed E-state index contributed by atoms with van der Waals surface area (Å²) in [6, 6.07) is 0. The zero-order valence-corrected chi connectivity index (χ0v) is 10.4. The van der Waals surface area contributed by atoms with Gasteiger partial charge in [0.2, 0.25) is 0 Å². The maximum atomic E-state index is 4.63. The molecule has 0 saturated carbocycles. The molecule has 0 aliphatic heterocycles. The lowest BCUT2D eigenvalue weighted by atomic mass is 9.85. The number of hydrogen-bond donors (Lipinski definition) is 0. The highest BCUT2D eigenvalue weighted by Gasteiger charge is 2.21. The molecule has 0 radical (unpaired) electrons. The van der Waals surface area contributed by atoms with Crippen molar-refractivity contribution in [2.24, 2.45) is 0 Å². The fourth-order valence-electron chi connectivity index (χ4n) is 1.65. The van der Waals surface area contributed by atoms with Crippen LogP contribution in [-0.4, -0.2) is 24.1 Å². The molecule has 0 N–H and O–H groups in total. The van der Waals surface area contributed by atoms with E-state index < -0.39 is 0 Å². The maximum Gasteiger partial charge on any atom is 0.146 e. The van der Waals surface area contributed by atoms with Gasteiger partial charge < -0.3 is 4.90 Å². The Morgan fingerprint density at radius 3 is 2.47 bits per heavy atom. The van der Waals surface area contributed by atoms with Gasteiger partial charge in [0.1, 0.15) is 5.82 Å². The molecule has 84 valence electrons. The van der Waals surface area contributed by atoms with Crippen molar-refractivity contribution in [3.8, 4) is 0 Å². The van der Waals surface area contributed by atoms with Crippen molar-refractivity contribution < 1.29 is 0 Å². The summed E-state index contributed by atoms with van der Waals surface area (Å²) in [7, 11) is 3.97. The van der Waals surface area contributed by atoms with Gasteiger partial charge in [0, 0.05) is 25.7 Å². The Balaban J connectivity index is 2.99. The average molecular weight is 207 g/mol. The lowest BCUT2D eigenvalue weighted by molar-refractivity contribution is 0.458. The van der Waals surface area contributed by atoms with Crippen LogP contribution in [0.3, 0.4) is 0 Å². The molecule has 1 rings (SSSR count). The van der Waals surface area contributed by atoms with E-state index >= 15 is 0 Å². The van der Waals surface area contributed by atoms with Gasteiger partial charge in [0.25, 0.3) is 0 Å². The summed E-state index contributed by atoms with van der Waals surface area (Å²) >= 11 is 0. The van der Waals surface area contributed by atoms with E-state index in [1.54, 1.807) is 6.20 Å². The van der Waals surface area contributed by atoms with E-state index in [9.17, 15) is 0 Å². The van der Waals surface area contributed by atoms with Crippen LogP contribution in [0.2, 0.25) is 0 Å². The molecule has 1 aromatic rings. The number of hydrogen-bond acceptors (Lipinski definition) is 3. The predicted molar refractivity (Wildman–Crippen MR) is 64.3 cm³/mol. The molecule has 0 atom stereocenters. The summed E-state index contributed by atoms with van der Waals surface area (Å²) in [5, 5.41) is 0. The van der Waals surface area contributed by atoms with Crippen LogP contribution in [0.1, 0.15) is 39.3 Å². The first kappa shape index (κ1) is 12.0. The molecule has 0 bridgehead atoms. The lowest BCUT2D eigenvalue weighted by Gasteiger charge is -2.24. The van der Waals surface area contributed by atoms with Crippen molar-refractivity contribution in [3.63, 3.8) is 0 Å². The first-order valence-corrected chi connectivity index (χ1v) is 5.47. The van der Waals surface area contributed by atoms with Crippen LogP contribution in [-0.2, 0) is 5.41 Å². The zero-order valence-electron chi connectivity index (χ0n) is 10.4. The Morgan fingerprint density at radius 2 is 1.93 bits per heavy atom. The molecular weight excluding hydrogens is 186 g/mol. The molecule has 0 fully saturated rings. The molecule has 1 heterocycles. The second-order valence-electron chi connectivity index (χ2n) is 4.79. The largest absolute Gasteiger partial charge is 0.361 e. The summed E-state index contributed by atoms with van der Waals surface area (Å²) in [5.41, 5.74) is 1.20. The normalized spacial score (nSPS) is 11.5. The van der Waals surface area contributed by atoms with Crippen LogP contribution < -0.4 is 4.90 Å². The van der Waals surface area contributed by atoms with Gasteiger partial charge in [-0.05, 0) is 6.42 Å².